The first kappa shape index (κ1) is 24.4. The van der Waals surface area contributed by atoms with Crippen molar-refractivity contribution in [3.63, 3.8) is 0 Å². The molecule has 0 spiro atoms. The number of hydrogen-bond acceptors (Lipinski definition) is 6. The predicted molar refractivity (Wildman–Crippen MR) is 135 cm³/mol. The molecule has 170 valence electrons. The molecule has 8 heteroatoms. The van der Waals surface area contributed by atoms with E-state index in [9.17, 15) is 10.2 Å². The van der Waals surface area contributed by atoms with Gasteiger partial charge in [0.25, 0.3) is 0 Å². The maximum atomic E-state index is 10.1. The molecule has 0 unspecified atom stereocenters. The summed E-state index contributed by atoms with van der Waals surface area (Å²) in [5, 5.41) is 26.6. The number of ether oxygens (including phenoxy) is 2. The molecule has 32 heavy (non-hydrogen) atoms. The zero-order valence-electron chi connectivity index (χ0n) is 17.4. The number of anilines is 2. The van der Waals surface area contributed by atoms with Gasteiger partial charge in [-0.25, -0.2) is 0 Å². The molecular formula is C24H26Br2N2O4. The van der Waals surface area contributed by atoms with Gasteiger partial charge in [0.2, 0.25) is 0 Å². The van der Waals surface area contributed by atoms with Gasteiger partial charge in [-0.15, -0.1) is 0 Å². The van der Waals surface area contributed by atoms with Crippen LogP contribution in [-0.2, 0) is 0 Å². The van der Waals surface area contributed by atoms with Gasteiger partial charge in [0.15, 0.2) is 0 Å². The topological polar surface area (TPSA) is 83.0 Å². The Morgan fingerprint density at radius 1 is 0.594 bits per heavy atom. The minimum absolute atomic E-state index is 0.171. The standard InChI is InChI=1S/C24H26Br2N2O4/c25-17-1-5-19(6-2-17)27-13-21(29)15-31-23-9-11-24(12-10-23)32-16-22(30)14-28-20-7-3-18(26)4-8-20/h1-12,21-22,27-30H,13-16H2/t21-,22-/m0/s1. The zero-order valence-corrected chi connectivity index (χ0v) is 20.6. The fourth-order valence-electron chi connectivity index (χ4n) is 2.74. The number of nitrogens with one attached hydrogen (secondary N) is 2. The van der Waals surface area contributed by atoms with E-state index in [1.54, 1.807) is 24.3 Å². The Kier molecular flexibility index (Phi) is 9.67. The molecule has 0 aliphatic rings. The first-order chi connectivity index (χ1) is 15.5. The van der Waals surface area contributed by atoms with Crippen LogP contribution in [0, 0.1) is 0 Å². The first-order valence-corrected chi connectivity index (χ1v) is 11.8. The molecule has 0 fully saturated rings. The Balaban J connectivity index is 1.33. The molecular weight excluding hydrogens is 540 g/mol. The second-order valence-electron chi connectivity index (χ2n) is 7.18. The average molecular weight is 566 g/mol. The van der Waals surface area contributed by atoms with E-state index >= 15 is 0 Å². The van der Waals surface area contributed by atoms with Crippen molar-refractivity contribution >= 4 is 43.2 Å². The summed E-state index contributed by atoms with van der Waals surface area (Å²) in [6.45, 7) is 1.11. The Hall–Kier alpha value is -2.26. The number of hydrogen-bond donors (Lipinski definition) is 4. The van der Waals surface area contributed by atoms with E-state index in [-0.39, 0.29) is 13.2 Å². The van der Waals surface area contributed by atoms with Crippen molar-refractivity contribution in [1.29, 1.82) is 0 Å². The number of benzene rings is 3. The normalized spacial score (nSPS) is 12.6. The fraction of sp³-hybridized carbons (Fsp3) is 0.250. The quantitative estimate of drug-likeness (QED) is 0.250. The predicted octanol–water partition coefficient (Wildman–Crippen LogP) is 4.92. The van der Waals surface area contributed by atoms with Gasteiger partial charge in [-0.2, -0.15) is 0 Å². The summed E-state index contributed by atoms with van der Waals surface area (Å²) in [5.41, 5.74) is 1.87. The molecule has 4 N–H and O–H groups in total. The molecule has 3 aromatic carbocycles. The Morgan fingerprint density at radius 2 is 0.938 bits per heavy atom. The van der Waals surface area contributed by atoms with Gasteiger partial charge >= 0.3 is 0 Å². The molecule has 2 atom stereocenters. The van der Waals surface area contributed by atoms with Crippen LogP contribution in [0.15, 0.2) is 81.7 Å². The number of aliphatic hydroxyl groups is 2. The van der Waals surface area contributed by atoms with Crippen LogP contribution in [0.25, 0.3) is 0 Å². The van der Waals surface area contributed by atoms with E-state index in [0.29, 0.717) is 24.6 Å². The molecule has 0 bridgehead atoms. The highest BCUT2D eigenvalue weighted by Gasteiger charge is 2.08. The third kappa shape index (κ3) is 8.70. The minimum atomic E-state index is -0.650. The SMILES string of the molecule is O[C@@H](CNc1ccc(Br)cc1)COc1ccc(OC[C@@H](O)CNc2ccc(Br)cc2)cc1. The van der Waals surface area contributed by atoms with Crippen LogP contribution in [0.1, 0.15) is 0 Å². The molecule has 0 aliphatic carbocycles. The molecule has 3 rings (SSSR count). The zero-order chi connectivity index (χ0) is 22.8. The summed E-state index contributed by atoms with van der Waals surface area (Å²) in [6, 6.07) is 22.6. The molecule has 0 saturated carbocycles. The summed E-state index contributed by atoms with van der Waals surface area (Å²) in [6.07, 6.45) is -1.30. The van der Waals surface area contributed by atoms with Gasteiger partial charge in [-0.05, 0) is 72.8 Å². The molecule has 0 amide bonds. The second-order valence-corrected chi connectivity index (χ2v) is 9.01. The molecule has 0 radical (unpaired) electrons. The van der Waals surface area contributed by atoms with Gasteiger partial charge in [-0.1, -0.05) is 31.9 Å². The van der Waals surface area contributed by atoms with E-state index < -0.39 is 12.2 Å². The summed E-state index contributed by atoms with van der Waals surface area (Å²) in [4.78, 5) is 0. The lowest BCUT2D eigenvalue weighted by atomic mass is 10.3. The lowest BCUT2D eigenvalue weighted by molar-refractivity contribution is 0.115. The van der Waals surface area contributed by atoms with E-state index in [1.807, 2.05) is 48.5 Å². The van der Waals surface area contributed by atoms with Gasteiger partial charge in [0, 0.05) is 33.4 Å². The average Bonchev–Trinajstić information content (AvgIpc) is 2.81. The van der Waals surface area contributed by atoms with Crippen LogP contribution in [0.5, 0.6) is 11.5 Å². The van der Waals surface area contributed by atoms with E-state index in [0.717, 1.165) is 20.3 Å². The minimum Gasteiger partial charge on any atom is -0.491 e. The Bertz CT molecular complexity index is 859. The molecule has 3 aromatic rings. The Morgan fingerprint density at radius 3 is 1.28 bits per heavy atom. The maximum Gasteiger partial charge on any atom is 0.119 e. The molecule has 0 aliphatic heterocycles. The maximum absolute atomic E-state index is 10.1. The van der Waals surface area contributed by atoms with Crippen molar-refractivity contribution in [3.8, 4) is 11.5 Å². The monoisotopic (exact) mass is 564 g/mol. The summed E-state index contributed by atoms with van der Waals surface area (Å²) >= 11 is 6.79. The highest BCUT2D eigenvalue weighted by molar-refractivity contribution is 9.10. The third-order valence-corrected chi connectivity index (χ3v) is 5.54. The van der Waals surface area contributed by atoms with Crippen LogP contribution in [0.4, 0.5) is 11.4 Å². The second kappa shape index (κ2) is 12.7. The van der Waals surface area contributed by atoms with Gasteiger partial charge in [-0.3, -0.25) is 0 Å². The largest absolute Gasteiger partial charge is 0.491 e. The molecule has 0 aromatic heterocycles. The van der Waals surface area contributed by atoms with E-state index in [4.69, 9.17) is 9.47 Å². The van der Waals surface area contributed by atoms with Gasteiger partial charge in [0.1, 0.15) is 36.9 Å². The van der Waals surface area contributed by atoms with Crippen LogP contribution in [-0.4, -0.2) is 48.7 Å². The Labute approximate surface area is 204 Å². The van der Waals surface area contributed by atoms with Crippen LogP contribution < -0.4 is 20.1 Å². The summed E-state index contributed by atoms with van der Waals surface area (Å²) < 4.78 is 13.3. The number of rotatable bonds is 12. The van der Waals surface area contributed by atoms with Crippen molar-refractivity contribution in [2.24, 2.45) is 0 Å². The fourth-order valence-corrected chi connectivity index (χ4v) is 3.27. The third-order valence-electron chi connectivity index (χ3n) is 4.48. The van der Waals surface area contributed by atoms with Crippen molar-refractivity contribution < 1.29 is 19.7 Å². The lowest BCUT2D eigenvalue weighted by Gasteiger charge is -2.15. The van der Waals surface area contributed by atoms with Crippen LogP contribution in [0.3, 0.4) is 0 Å². The van der Waals surface area contributed by atoms with E-state index in [2.05, 4.69) is 42.5 Å². The van der Waals surface area contributed by atoms with Crippen molar-refractivity contribution in [3.05, 3.63) is 81.7 Å². The molecule has 6 nitrogen and oxygen atoms in total. The molecule has 0 saturated heterocycles. The van der Waals surface area contributed by atoms with Crippen molar-refractivity contribution in [2.75, 3.05) is 36.9 Å². The summed E-state index contributed by atoms with van der Waals surface area (Å²) in [7, 11) is 0. The lowest BCUT2D eigenvalue weighted by Crippen LogP contribution is -2.26. The highest BCUT2D eigenvalue weighted by Crippen LogP contribution is 2.19. The van der Waals surface area contributed by atoms with Crippen LogP contribution >= 0.6 is 31.9 Å². The van der Waals surface area contributed by atoms with Gasteiger partial charge in [0.05, 0.1) is 0 Å². The summed E-state index contributed by atoms with van der Waals surface area (Å²) in [5.74, 6) is 1.27. The highest BCUT2D eigenvalue weighted by atomic mass is 79.9. The molecule has 0 heterocycles. The van der Waals surface area contributed by atoms with E-state index in [1.165, 1.54) is 0 Å². The van der Waals surface area contributed by atoms with Crippen LogP contribution in [0.2, 0.25) is 0 Å². The van der Waals surface area contributed by atoms with Crippen molar-refractivity contribution in [2.45, 2.75) is 12.2 Å². The van der Waals surface area contributed by atoms with Gasteiger partial charge < -0.3 is 30.3 Å². The van der Waals surface area contributed by atoms with Crippen molar-refractivity contribution in [1.82, 2.24) is 0 Å². The smallest absolute Gasteiger partial charge is 0.119 e. The number of halogens is 2. The number of aliphatic hydroxyl groups excluding tert-OH is 2. The first-order valence-electron chi connectivity index (χ1n) is 10.2.